The van der Waals surface area contributed by atoms with Gasteiger partial charge in [0.15, 0.2) is 0 Å². The number of rotatable bonds is 4. The fraction of sp³-hybridized carbons (Fsp3) is 0.125. The molecule has 2 atom stereocenters. The van der Waals surface area contributed by atoms with Gasteiger partial charge in [-0.05, 0) is 0 Å². The molecule has 0 N–H and O–H groups in total. The van der Waals surface area contributed by atoms with Crippen LogP contribution in [0.3, 0.4) is 0 Å². The van der Waals surface area contributed by atoms with Crippen LogP contribution in [0.25, 0.3) is 17.7 Å². The first-order chi connectivity index (χ1) is 16.2. The van der Waals surface area contributed by atoms with E-state index in [1.165, 1.54) is 33.4 Å². The van der Waals surface area contributed by atoms with Crippen molar-refractivity contribution in [3.63, 3.8) is 0 Å². The topological polar surface area (TPSA) is 0 Å². The van der Waals surface area contributed by atoms with Crippen molar-refractivity contribution in [3.8, 4) is 0 Å². The summed E-state index contributed by atoms with van der Waals surface area (Å²) in [5, 5.41) is 0. The van der Waals surface area contributed by atoms with Crippen molar-refractivity contribution >= 4 is 17.7 Å². The first kappa shape index (κ1) is 20.8. The number of fused-ring (bicyclic) bond motifs is 2. The summed E-state index contributed by atoms with van der Waals surface area (Å²) in [6.45, 7) is 4.79. The predicted octanol–water partition coefficient (Wildman–Crippen LogP) is 8.44. The van der Waals surface area contributed by atoms with E-state index in [-0.39, 0.29) is 0 Å². The summed E-state index contributed by atoms with van der Waals surface area (Å²) in [6, 6.07) is 40.4. The summed E-state index contributed by atoms with van der Waals surface area (Å²) in [6.07, 6.45) is 0. The minimum atomic E-state index is -1.12. The number of allylic oxidation sites excluding steroid dienone is 2. The average Bonchev–Trinajstić information content (AvgIpc) is 3.32. The SMILES string of the molecule is C[C@@H]1C(c2ccccc2)=[C]([Zr][C]2=C(c3ccccc3)[C@H](C)c3ccccc32)c2ccccc21. The van der Waals surface area contributed by atoms with E-state index in [1.54, 1.807) is 17.7 Å². The Morgan fingerprint density at radius 1 is 0.455 bits per heavy atom. The quantitative estimate of drug-likeness (QED) is 0.263. The van der Waals surface area contributed by atoms with E-state index in [0.717, 1.165) is 0 Å². The molecule has 0 fully saturated rings. The van der Waals surface area contributed by atoms with Gasteiger partial charge in [0.2, 0.25) is 0 Å². The Morgan fingerprint density at radius 3 is 1.24 bits per heavy atom. The van der Waals surface area contributed by atoms with Gasteiger partial charge < -0.3 is 0 Å². The van der Waals surface area contributed by atoms with Crippen molar-refractivity contribution < 1.29 is 23.2 Å². The van der Waals surface area contributed by atoms with Crippen LogP contribution in [0, 0.1) is 0 Å². The van der Waals surface area contributed by atoms with E-state index in [2.05, 4.69) is 123 Å². The molecule has 0 aliphatic heterocycles. The van der Waals surface area contributed by atoms with Crippen LogP contribution < -0.4 is 0 Å². The second-order valence-electron chi connectivity index (χ2n) is 9.05. The zero-order chi connectivity index (χ0) is 22.4. The first-order valence-corrected chi connectivity index (χ1v) is 14.2. The van der Waals surface area contributed by atoms with Crippen LogP contribution in [0.1, 0.15) is 59.1 Å². The Balaban J connectivity index is 1.59. The van der Waals surface area contributed by atoms with Crippen molar-refractivity contribution in [1.82, 2.24) is 0 Å². The van der Waals surface area contributed by atoms with Gasteiger partial charge in [0, 0.05) is 0 Å². The van der Waals surface area contributed by atoms with Crippen LogP contribution in [0.5, 0.6) is 0 Å². The Kier molecular flexibility index (Phi) is 5.39. The van der Waals surface area contributed by atoms with Gasteiger partial charge in [-0.15, -0.1) is 0 Å². The van der Waals surface area contributed by atoms with Gasteiger partial charge in [-0.3, -0.25) is 0 Å². The standard InChI is InChI=1S/2C16H13.Zr/c2*1-12-15-10-6-5-9-14(15)11-16(12)13-7-3-2-4-8-13;/h2*2-10,12H,1H3;/t2*12-;/m10./s1. The van der Waals surface area contributed by atoms with E-state index in [1.807, 2.05) is 0 Å². The Hall–Kier alpha value is -2.76. The third-order valence-corrected chi connectivity index (χ3v) is 11.1. The third-order valence-electron chi connectivity index (χ3n) is 7.22. The average molecular weight is 502 g/mol. The second-order valence-corrected chi connectivity index (χ2v) is 12.1. The second kappa shape index (κ2) is 8.55. The molecule has 2 aliphatic carbocycles. The normalized spacial score (nSPS) is 19.0. The minimum absolute atomic E-state index is 0.439. The van der Waals surface area contributed by atoms with Crippen LogP contribution in [0.15, 0.2) is 109 Å². The zero-order valence-electron chi connectivity index (χ0n) is 19.0. The summed E-state index contributed by atoms with van der Waals surface area (Å²) < 4.78 is 3.31. The van der Waals surface area contributed by atoms with Crippen LogP contribution in [0.2, 0.25) is 0 Å². The molecule has 0 bridgehead atoms. The van der Waals surface area contributed by atoms with Crippen LogP contribution in [-0.2, 0) is 23.2 Å². The van der Waals surface area contributed by atoms with Gasteiger partial charge in [-0.1, -0.05) is 0 Å². The Labute approximate surface area is 208 Å². The van der Waals surface area contributed by atoms with Gasteiger partial charge in [0.1, 0.15) is 0 Å². The van der Waals surface area contributed by atoms with Crippen molar-refractivity contribution in [2.75, 3.05) is 0 Å². The summed E-state index contributed by atoms with van der Waals surface area (Å²) >= 11 is -1.12. The van der Waals surface area contributed by atoms with E-state index in [9.17, 15) is 0 Å². The molecule has 158 valence electrons. The molecule has 0 radical (unpaired) electrons. The fourth-order valence-corrected chi connectivity index (χ4v) is 10.5. The van der Waals surface area contributed by atoms with Gasteiger partial charge in [0.25, 0.3) is 0 Å². The molecule has 0 heterocycles. The van der Waals surface area contributed by atoms with Crippen LogP contribution in [-0.4, -0.2) is 0 Å². The molecule has 0 saturated carbocycles. The summed E-state index contributed by atoms with van der Waals surface area (Å²) in [5.74, 6) is 0.878. The van der Waals surface area contributed by atoms with Crippen LogP contribution >= 0.6 is 0 Å². The Morgan fingerprint density at radius 2 is 0.818 bits per heavy atom. The Bertz CT molecular complexity index is 1280. The maximum atomic E-state index is 2.39. The third kappa shape index (κ3) is 3.46. The van der Waals surface area contributed by atoms with E-state index in [0.29, 0.717) is 11.8 Å². The van der Waals surface area contributed by atoms with E-state index in [4.69, 9.17) is 0 Å². The van der Waals surface area contributed by atoms with Gasteiger partial charge in [-0.2, -0.15) is 0 Å². The molecule has 0 aromatic heterocycles. The molecular formula is C32H26Zr. The number of benzene rings is 4. The fourth-order valence-electron chi connectivity index (χ4n) is 5.66. The van der Waals surface area contributed by atoms with Gasteiger partial charge in [0.05, 0.1) is 0 Å². The molecule has 4 aromatic rings. The molecule has 33 heavy (non-hydrogen) atoms. The molecule has 0 nitrogen and oxygen atoms in total. The molecule has 2 aliphatic rings. The molecule has 6 rings (SSSR count). The van der Waals surface area contributed by atoms with Crippen molar-refractivity contribution in [1.29, 1.82) is 0 Å². The molecule has 0 saturated heterocycles. The maximum absolute atomic E-state index is 2.39. The molecule has 0 spiro atoms. The number of hydrogen-bond acceptors (Lipinski definition) is 0. The van der Waals surface area contributed by atoms with Gasteiger partial charge >= 0.3 is 209 Å². The first-order valence-electron chi connectivity index (χ1n) is 11.8. The van der Waals surface area contributed by atoms with Crippen molar-refractivity contribution in [3.05, 3.63) is 143 Å². The summed E-state index contributed by atoms with van der Waals surface area (Å²) in [4.78, 5) is 0. The predicted molar refractivity (Wildman–Crippen MR) is 136 cm³/mol. The molecule has 0 amide bonds. The van der Waals surface area contributed by atoms with Gasteiger partial charge in [-0.25, -0.2) is 0 Å². The molecule has 1 heteroatoms. The molecule has 0 unspecified atom stereocenters. The summed E-state index contributed by atoms with van der Waals surface area (Å²) in [7, 11) is 0. The van der Waals surface area contributed by atoms with E-state index >= 15 is 0 Å². The molecular weight excluding hydrogens is 476 g/mol. The monoisotopic (exact) mass is 500 g/mol. The zero-order valence-corrected chi connectivity index (χ0v) is 21.5. The van der Waals surface area contributed by atoms with Crippen molar-refractivity contribution in [2.24, 2.45) is 0 Å². The van der Waals surface area contributed by atoms with Crippen molar-refractivity contribution in [2.45, 2.75) is 25.7 Å². The molecule has 4 aromatic carbocycles. The number of hydrogen-bond donors (Lipinski definition) is 0. The van der Waals surface area contributed by atoms with E-state index < -0.39 is 23.2 Å². The summed E-state index contributed by atoms with van der Waals surface area (Å²) in [5.41, 5.74) is 11.9. The van der Waals surface area contributed by atoms with Crippen LogP contribution in [0.4, 0.5) is 0 Å².